The second-order valence-electron chi connectivity index (χ2n) is 5.80. The van der Waals surface area contributed by atoms with Gasteiger partial charge in [0.1, 0.15) is 5.82 Å². The Kier molecular flexibility index (Phi) is 4.88. The molecule has 2 aromatic rings. The molecule has 3 rings (SSSR count). The van der Waals surface area contributed by atoms with Crippen LogP contribution < -0.4 is 16.0 Å². The first-order valence-electron chi connectivity index (χ1n) is 8.03. The highest BCUT2D eigenvalue weighted by atomic mass is 16.1. The lowest BCUT2D eigenvalue weighted by molar-refractivity contribution is 0.0951. The lowest BCUT2D eigenvalue weighted by atomic mass is 10.1. The summed E-state index contributed by atoms with van der Waals surface area (Å²) < 4.78 is 0. The molecule has 1 aliphatic rings. The van der Waals surface area contributed by atoms with E-state index in [1.165, 1.54) is 12.8 Å². The zero-order valence-corrected chi connectivity index (χ0v) is 13.2. The average molecular weight is 310 g/mol. The van der Waals surface area contributed by atoms with Crippen molar-refractivity contribution in [3.63, 3.8) is 0 Å². The first-order valence-corrected chi connectivity index (χ1v) is 8.03. The SMILES string of the molecule is NCc1ccc(C(=O)NCc2ccnc(N3CCCC3)c2)cc1. The Labute approximate surface area is 136 Å². The molecule has 0 bridgehead atoms. The van der Waals surface area contributed by atoms with Gasteiger partial charge in [0.05, 0.1) is 0 Å². The smallest absolute Gasteiger partial charge is 0.251 e. The number of carbonyl (C=O) groups excluding carboxylic acids is 1. The maximum Gasteiger partial charge on any atom is 0.251 e. The molecule has 3 N–H and O–H groups in total. The highest BCUT2D eigenvalue weighted by molar-refractivity contribution is 5.94. The molecule has 0 atom stereocenters. The molecule has 23 heavy (non-hydrogen) atoms. The molecule has 2 heterocycles. The number of nitrogens with one attached hydrogen (secondary N) is 1. The van der Waals surface area contributed by atoms with Gasteiger partial charge in [-0.3, -0.25) is 4.79 Å². The molecule has 1 aromatic carbocycles. The molecule has 1 fully saturated rings. The quantitative estimate of drug-likeness (QED) is 0.887. The highest BCUT2D eigenvalue weighted by Gasteiger charge is 2.13. The second kappa shape index (κ2) is 7.24. The fourth-order valence-corrected chi connectivity index (χ4v) is 2.77. The van der Waals surface area contributed by atoms with Gasteiger partial charge in [-0.2, -0.15) is 0 Å². The molecule has 1 saturated heterocycles. The molecule has 120 valence electrons. The largest absolute Gasteiger partial charge is 0.357 e. The monoisotopic (exact) mass is 310 g/mol. The number of hydrogen-bond acceptors (Lipinski definition) is 4. The summed E-state index contributed by atoms with van der Waals surface area (Å²) >= 11 is 0. The van der Waals surface area contributed by atoms with Gasteiger partial charge in [0, 0.05) is 37.9 Å². The average Bonchev–Trinajstić information content (AvgIpc) is 3.15. The minimum Gasteiger partial charge on any atom is -0.357 e. The van der Waals surface area contributed by atoms with Gasteiger partial charge in [0.15, 0.2) is 0 Å². The number of rotatable bonds is 5. The van der Waals surface area contributed by atoms with Gasteiger partial charge in [-0.15, -0.1) is 0 Å². The first-order chi connectivity index (χ1) is 11.3. The van der Waals surface area contributed by atoms with Crippen LogP contribution in [0.5, 0.6) is 0 Å². The van der Waals surface area contributed by atoms with E-state index >= 15 is 0 Å². The molecule has 5 heteroatoms. The standard InChI is InChI=1S/C18H22N4O/c19-12-14-3-5-16(6-4-14)18(23)21-13-15-7-8-20-17(11-15)22-9-1-2-10-22/h3-8,11H,1-2,9-10,12-13,19H2,(H,21,23). The van der Waals surface area contributed by atoms with E-state index in [1.807, 2.05) is 24.4 Å². The number of carbonyl (C=O) groups is 1. The zero-order chi connectivity index (χ0) is 16.1. The second-order valence-corrected chi connectivity index (χ2v) is 5.80. The van der Waals surface area contributed by atoms with Crippen LogP contribution in [-0.2, 0) is 13.1 Å². The molecular formula is C18H22N4O. The number of pyridine rings is 1. The van der Waals surface area contributed by atoms with Crippen molar-refractivity contribution in [2.45, 2.75) is 25.9 Å². The fraction of sp³-hybridized carbons (Fsp3) is 0.333. The number of aromatic nitrogens is 1. The molecule has 0 aliphatic carbocycles. The van der Waals surface area contributed by atoms with Gasteiger partial charge < -0.3 is 16.0 Å². The Balaban J connectivity index is 1.60. The van der Waals surface area contributed by atoms with E-state index < -0.39 is 0 Å². The predicted molar refractivity (Wildman–Crippen MR) is 91.2 cm³/mol. The van der Waals surface area contributed by atoms with Crippen LogP contribution in [0.3, 0.4) is 0 Å². The zero-order valence-electron chi connectivity index (χ0n) is 13.2. The van der Waals surface area contributed by atoms with E-state index in [0.717, 1.165) is 30.0 Å². The molecule has 5 nitrogen and oxygen atoms in total. The van der Waals surface area contributed by atoms with Gasteiger partial charge >= 0.3 is 0 Å². The third-order valence-electron chi connectivity index (χ3n) is 4.14. The molecule has 1 amide bonds. The lowest BCUT2D eigenvalue weighted by Crippen LogP contribution is -2.23. The summed E-state index contributed by atoms with van der Waals surface area (Å²) in [5, 5.41) is 2.95. The van der Waals surface area contributed by atoms with Crippen molar-refractivity contribution in [2.24, 2.45) is 5.73 Å². The van der Waals surface area contributed by atoms with Crippen molar-refractivity contribution in [3.05, 3.63) is 59.3 Å². The van der Waals surface area contributed by atoms with Crippen molar-refractivity contribution in [1.82, 2.24) is 10.3 Å². The number of anilines is 1. The van der Waals surface area contributed by atoms with E-state index in [0.29, 0.717) is 18.7 Å². The van der Waals surface area contributed by atoms with Crippen LogP contribution in [0.2, 0.25) is 0 Å². The van der Waals surface area contributed by atoms with Crippen molar-refractivity contribution in [3.8, 4) is 0 Å². The summed E-state index contributed by atoms with van der Waals surface area (Å²) in [7, 11) is 0. The first kappa shape index (κ1) is 15.5. The van der Waals surface area contributed by atoms with Gasteiger partial charge in [-0.1, -0.05) is 12.1 Å². The van der Waals surface area contributed by atoms with E-state index in [4.69, 9.17) is 5.73 Å². The van der Waals surface area contributed by atoms with Gasteiger partial charge in [0.25, 0.3) is 5.91 Å². The third-order valence-corrected chi connectivity index (χ3v) is 4.14. The Morgan fingerprint density at radius 2 is 1.87 bits per heavy atom. The van der Waals surface area contributed by atoms with Crippen molar-refractivity contribution in [1.29, 1.82) is 0 Å². The van der Waals surface area contributed by atoms with Gasteiger partial charge in [-0.05, 0) is 48.2 Å². The molecule has 0 spiro atoms. The molecule has 0 saturated carbocycles. The summed E-state index contributed by atoms with van der Waals surface area (Å²) in [5.74, 6) is 0.926. The molecule has 1 aromatic heterocycles. The van der Waals surface area contributed by atoms with Crippen molar-refractivity contribution in [2.75, 3.05) is 18.0 Å². The topological polar surface area (TPSA) is 71.2 Å². The number of benzene rings is 1. The maximum atomic E-state index is 12.2. The van der Waals surface area contributed by atoms with Crippen molar-refractivity contribution >= 4 is 11.7 Å². The van der Waals surface area contributed by atoms with E-state index in [9.17, 15) is 4.79 Å². The number of nitrogens with zero attached hydrogens (tertiary/aromatic N) is 2. The normalized spacial score (nSPS) is 14.0. The van der Waals surface area contributed by atoms with Crippen LogP contribution in [0.4, 0.5) is 5.82 Å². The van der Waals surface area contributed by atoms with Crippen LogP contribution in [0, 0.1) is 0 Å². The Bertz CT molecular complexity index is 663. The highest BCUT2D eigenvalue weighted by Crippen LogP contribution is 2.18. The summed E-state index contributed by atoms with van der Waals surface area (Å²) in [5.41, 5.74) is 8.30. The molecule has 0 unspecified atom stereocenters. The maximum absolute atomic E-state index is 12.2. The third kappa shape index (κ3) is 3.87. The van der Waals surface area contributed by atoms with Gasteiger partial charge in [-0.25, -0.2) is 4.98 Å². The summed E-state index contributed by atoms with van der Waals surface area (Å²) in [6, 6.07) is 11.4. The van der Waals surface area contributed by atoms with Gasteiger partial charge in [0.2, 0.25) is 0 Å². The summed E-state index contributed by atoms with van der Waals surface area (Å²) in [6.45, 7) is 3.12. The number of hydrogen-bond donors (Lipinski definition) is 2. The minimum absolute atomic E-state index is 0.0758. The van der Waals surface area contributed by atoms with Crippen LogP contribution in [-0.4, -0.2) is 24.0 Å². The summed E-state index contributed by atoms with van der Waals surface area (Å²) in [4.78, 5) is 18.9. The Hall–Kier alpha value is -2.40. The lowest BCUT2D eigenvalue weighted by Gasteiger charge is -2.17. The van der Waals surface area contributed by atoms with Crippen LogP contribution in [0.25, 0.3) is 0 Å². The van der Waals surface area contributed by atoms with Crippen LogP contribution >= 0.6 is 0 Å². The Morgan fingerprint density at radius 3 is 2.57 bits per heavy atom. The Morgan fingerprint density at radius 1 is 1.13 bits per heavy atom. The van der Waals surface area contributed by atoms with Crippen LogP contribution in [0.1, 0.15) is 34.3 Å². The predicted octanol–water partition coefficient (Wildman–Crippen LogP) is 2.07. The number of amides is 1. The molecule has 0 radical (unpaired) electrons. The van der Waals surface area contributed by atoms with E-state index in [1.54, 1.807) is 12.1 Å². The van der Waals surface area contributed by atoms with E-state index in [-0.39, 0.29) is 5.91 Å². The number of nitrogens with two attached hydrogens (primary N) is 1. The molecule has 1 aliphatic heterocycles. The minimum atomic E-state index is -0.0758. The van der Waals surface area contributed by atoms with E-state index in [2.05, 4.69) is 21.3 Å². The van der Waals surface area contributed by atoms with Crippen LogP contribution in [0.15, 0.2) is 42.6 Å². The van der Waals surface area contributed by atoms with Crippen molar-refractivity contribution < 1.29 is 4.79 Å². The summed E-state index contributed by atoms with van der Waals surface area (Å²) in [6.07, 6.45) is 4.26. The molecular weight excluding hydrogens is 288 g/mol. The fourth-order valence-electron chi connectivity index (χ4n) is 2.77.